The molecule has 0 saturated carbocycles. The number of benzene rings is 2. The number of halogens is 2. The van der Waals surface area contributed by atoms with Crippen LogP contribution in [-0.4, -0.2) is 64.5 Å². The monoisotopic (exact) mass is 488 g/mol. The van der Waals surface area contributed by atoms with Crippen LogP contribution in [0.4, 0.5) is 0 Å². The second kappa shape index (κ2) is 9.80. The Morgan fingerprint density at radius 2 is 1.94 bits per heavy atom. The molecule has 8 nitrogen and oxygen atoms in total. The van der Waals surface area contributed by atoms with E-state index in [-0.39, 0.29) is 36.0 Å². The molecule has 33 heavy (non-hydrogen) atoms. The van der Waals surface area contributed by atoms with E-state index in [1.165, 1.54) is 7.11 Å². The van der Waals surface area contributed by atoms with Gasteiger partial charge in [0, 0.05) is 31.2 Å². The maximum absolute atomic E-state index is 13.0. The Hall–Kier alpha value is -3.10. The van der Waals surface area contributed by atoms with Crippen LogP contribution in [0.25, 0.3) is 11.5 Å². The lowest BCUT2D eigenvalue weighted by molar-refractivity contribution is -0.133. The first-order valence-electron chi connectivity index (χ1n) is 10.4. The molecule has 3 aromatic rings. The molecule has 10 heteroatoms. The summed E-state index contributed by atoms with van der Waals surface area (Å²) >= 11 is 12.0. The van der Waals surface area contributed by atoms with Gasteiger partial charge in [-0.3, -0.25) is 9.59 Å². The van der Waals surface area contributed by atoms with Crippen LogP contribution in [0.1, 0.15) is 23.1 Å². The normalized spacial score (nSPS) is 16.1. The SMILES string of the molecule is COc1ccccc1C(=O)N1CCN(C(=O)Cc2noc(-c3ccc(Cl)c(Cl)c3)n2)CC1C. The summed E-state index contributed by atoms with van der Waals surface area (Å²) in [6.07, 6.45) is -0.00199. The third-order valence-electron chi connectivity index (χ3n) is 5.52. The molecule has 1 saturated heterocycles. The summed E-state index contributed by atoms with van der Waals surface area (Å²) in [6.45, 7) is 3.17. The lowest BCUT2D eigenvalue weighted by Gasteiger charge is -2.40. The zero-order valence-electron chi connectivity index (χ0n) is 18.1. The van der Waals surface area contributed by atoms with Gasteiger partial charge in [-0.25, -0.2) is 0 Å². The van der Waals surface area contributed by atoms with Gasteiger partial charge in [-0.1, -0.05) is 40.5 Å². The fraction of sp³-hybridized carbons (Fsp3) is 0.304. The first-order chi connectivity index (χ1) is 15.9. The number of carbonyl (C=O) groups is 2. The van der Waals surface area contributed by atoms with Gasteiger partial charge in [0.05, 0.1) is 29.1 Å². The number of ether oxygens (including phenoxy) is 1. The van der Waals surface area contributed by atoms with Crippen molar-refractivity contribution in [1.29, 1.82) is 0 Å². The molecule has 1 aromatic heterocycles. The van der Waals surface area contributed by atoms with Gasteiger partial charge in [-0.2, -0.15) is 4.98 Å². The maximum atomic E-state index is 13.0. The number of para-hydroxylation sites is 1. The Morgan fingerprint density at radius 1 is 1.15 bits per heavy atom. The van der Waals surface area contributed by atoms with Crippen LogP contribution in [0.3, 0.4) is 0 Å². The summed E-state index contributed by atoms with van der Waals surface area (Å²) < 4.78 is 10.6. The van der Waals surface area contributed by atoms with Crippen molar-refractivity contribution in [3.8, 4) is 17.2 Å². The summed E-state index contributed by atoms with van der Waals surface area (Å²) in [4.78, 5) is 33.7. The minimum atomic E-state index is -0.155. The van der Waals surface area contributed by atoms with Crippen LogP contribution in [0.2, 0.25) is 10.0 Å². The summed E-state index contributed by atoms with van der Waals surface area (Å²) in [5.74, 6) is 0.825. The lowest BCUT2D eigenvalue weighted by Crippen LogP contribution is -2.55. The van der Waals surface area contributed by atoms with Crippen LogP contribution in [0.5, 0.6) is 5.75 Å². The van der Waals surface area contributed by atoms with Gasteiger partial charge < -0.3 is 19.1 Å². The third-order valence-corrected chi connectivity index (χ3v) is 6.26. The van der Waals surface area contributed by atoms with Crippen molar-refractivity contribution in [3.63, 3.8) is 0 Å². The number of piperazine rings is 1. The second-order valence-electron chi connectivity index (χ2n) is 7.71. The molecular formula is C23H22Cl2N4O4. The predicted molar refractivity (Wildman–Crippen MR) is 124 cm³/mol. The summed E-state index contributed by atoms with van der Waals surface area (Å²) in [7, 11) is 1.54. The van der Waals surface area contributed by atoms with Gasteiger partial charge in [0.1, 0.15) is 5.75 Å². The van der Waals surface area contributed by atoms with Crippen molar-refractivity contribution in [2.75, 3.05) is 26.7 Å². The van der Waals surface area contributed by atoms with Crippen molar-refractivity contribution in [2.45, 2.75) is 19.4 Å². The van der Waals surface area contributed by atoms with E-state index in [4.69, 9.17) is 32.5 Å². The molecule has 2 heterocycles. The number of amides is 2. The Labute approximate surface area is 201 Å². The molecule has 1 atom stereocenters. The number of rotatable bonds is 5. The van der Waals surface area contributed by atoms with Crippen molar-refractivity contribution in [2.24, 2.45) is 0 Å². The average molecular weight is 489 g/mol. The molecule has 1 fully saturated rings. The molecule has 2 amide bonds. The fourth-order valence-electron chi connectivity index (χ4n) is 3.78. The highest BCUT2D eigenvalue weighted by molar-refractivity contribution is 6.42. The first-order valence-corrected chi connectivity index (χ1v) is 11.1. The minimum absolute atomic E-state index is 0.00199. The Kier molecular flexibility index (Phi) is 6.85. The quantitative estimate of drug-likeness (QED) is 0.539. The van der Waals surface area contributed by atoms with Crippen molar-refractivity contribution in [3.05, 3.63) is 63.9 Å². The number of aromatic nitrogens is 2. The van der Waals surface area contributed by atoms with E-state index in [1.807, 2.05) is 13.0 Å². The number of hydrogen-bond acceptors (Lipinski definition) is 6. The zero-order chi connectivity index (χ0) is 23.5. The van der Waals surface area contributed by atoms with E-state index in [9.17, 15) is 9.59 Å². The average Bonchev–Trinajstić information content (AvgIpc) is 3.28. The van der Waals surface area contributed by atoms with Gasteiger partial charge >= 0.3 is 0 Å². The third kappa shape index (κ3) is 4.96. The molecule has 0 spiro atoms. The molecule has 0 radical (unpaired) electrons. The topological polar surface area (TPSA) is 88.8 Å². The van der Waals surface area contributed by atoms with Gasteiger partial charge in [0.2, 0.25) is 5.91 Å². The smallest absolute Gasteiger partial charge is 0.257 e. The highest BCUT2D eigenvalue weighted by Gasteiger charge is 2.31. The molecular weight excluding hydrogens is 467 g/mol. The van der Waals surface area contributed by atoms with E-state index in [2.05, 4.69) is 10.1 Å². The largest absolute Gasteiger partial charge is 0.496 e. The molecule has 0 bridgehead atoms. The van der Waals surface area contributed by atoms with E-state index in [0.29, 0.717) is 46.6 Å². The van der Waals surface area contributed by atoms with Gasteiger partial charge in [-0.15, -0.1) is 0 Å². The molecule has 0 aliphatic carbocycles. The van der Waals surface area contributed by atoms with Gasteiger partial charge in [0.25, 0.3) is 11.8 Å². The number of carbonyl (C=O) groups excluding carboxylic acids is 2. The number of nitrogens with zero attached hydrogens (tertiary/aromatic N) is 4. The lowest BCUT2D eigenvalue weighted by atomic mass is 10.1. The Balaban J connectivity index is 1.38. The highest BCUT2D eigenvalue weighted by Crippen LogP contribution is 2.28. The maximum Gasteiger partial charge on any atom is 0.257 e. The van der Waals surface area contributed by atoms with Crippen molar-refractivity contribution < 1.29 is 18.8 Å². The highest BCUT2D eigenvalue weighted by atomic mass is 35.5. The standard InChI is InChI=1S/C23H22Cl2N4O4/c1-14-13-28(9-10-29(14)23(31)16-5-3-4-6-19(16)32-2)21(30)12-20-26-22(33-27-20)15-7-8-17(24)18(25)11-15/h3-8,11,14H,9-10,12-13H2,1-2H3. The van der Waals surface area contributed by atoms with Gasteiger partial charge in [0.15, 0.2) is 5.82 Å². The van der Waals surface area contributed by atoms with Crippen LogP contribution in [-0.2, 0) is 11.2 Å². The summed E-state index contributed by atoms with van der Waals surface area (Å²) in [5, 5.41) is 4.71. The molecule has 0 N–H and O–H groups in total. The van der Waals surface area contributed by atoms with E-state index >= 15 is 0 Å². The van der Waals surface area contributed by atoms with Gasteiger partial charge in [-0.05, 0) is 37.3 Å². The van der Waals surface area contributed by atoms with E-state index in [0.717, 1.165) is 0 Å². The molecule has 1 aliphatic heterocycles. The minimum Gasteiger partial charge on any atom is -0.496 e. The van der Waals surface area contributed by atoms with E-state index < -0.39 is 0 Å². The van der Waals surface area contributed by atoms with Crippen LogP contribution in [0.15, 0.2) is 47.0 Å². The second-order valence-corrected chi connectivity index (χ2v) is 8.52. The van der Waals surface area contributed by atoms with Crippen LogP contribution in [0, 0.1) is 0 Å². The summed E-state index contributed by atoms with van der Waals surface area (Å²) in [5.41, 5.74) is 1.13. The predicted octanol–water partition coefficient (Wildman–Crippen LogP) is 3.97. The fourth-order valence-corrected chi connectivity index (χ4v) is 4.08. The summed E-state index contributed by atoms with van der Waals surface area (Å²) in [6, 6.07) is 12.0. The first kappa shape index (κ1) is 23.1. The van der Waals surface area contributed by atoms with Crippen LogP contribution >= 0.6 is 23.2 Å². The molecule has 1 unspecified atom stereocenters. The zero-order valence-corrected chi connectivity index (χ0v) is 19.6. The number of methoxy groups -OCH3 is 1. The van der Waals surface area contributed by atoms with Crippen molar-refractivity contribution >= 4 is 35.0 Å². The molecule has 2 aromatic carbocycles. The Morgan fingerprint density at radius 3 is 2.67 bits per heavy atom. The van der Waals surface area contributed by atoms with E-state index in [1.54, 1.807) is 46.2 Å². The molecule has 4 rings (SSSR count). The van der Waals surface area contributed by atoms with Crippen molar-refractivity contribution in [1.82, 2.24) is 19.9 Å². The Bertz CT molecular complexity index is 1180. The molecule has 1 aliphatic rings. The van der Waals surface area contributed by atoms with Crippen LogP contribution < -0.4 is 4.74 Å². The molecule has 172 valence electrons. The number of hydrogen-bond donors (Lipinski definition) is 0.